The monoisotopic (exact) mass is 683 g/mol. The Kier molecular flexibility index (Phi) is 9.76. The van der Waals surface area contributed by atoms with Crippen LogP contribution in [0.1, 0.15) is 37.1 Å². The van der Waals surface area contributed by atoms with Gasteiger partial charge in [0.2, 0.25) is 0 Å². The summed E-state index contributed by atoms with van der Waals surface area (Å²) in [5, 5.41) is 31.8. The van der Waals surface area contributed by atoms with Gasteiger partial charge in [-0.15, -0.1) is 5.10 Å². The van der Waals surface area contributed by atoms with Crippen LogP contribution < -0.4 is 20.1 Å². The zero-order valence-electron chi connectivity index (χ0n) is 28.7. The molecule has 49 heavy (non-hydrogen) atoms. The van der Waals surface area contributed by atoms with Crippen LogP contribution in [0.3, 0.4) is 0 Å². The standard InChI is InChI=1S/C37H45N5O6Si/c1-24-34(49(4,5)30-14-12-29(47-3)13-15-30)33(17-19-41-23-28(18-20-43)39-40-41)48-37(24)31-21-27(38-35(45)25(2)44)11-16-32(31)42(36(37)46)22-26-9-7-6-8-10-26/h6-16,21,23-25,33-34,43-44H,17-20,22H2,1-5H3,(H,38,45)/t24-,25-,33+,34-,37+/m0/s1. The topological polar surface area (TPSA) is 139 Å². The van der Waals surface area contributed by atoms with Crippen LogP contribution in [0.5, 0.6) is 5.75 Å². The first-order chi connectivity index (χ1) is 23.5. The van der Waals surface area contributed by atoms with Gasteiger partial charge in [-0.3, -0.25) is 14.3 Å². The Morgan fingerprint density at radius 1 is 1.12 bits per heavy atom. The molecule has 1 fully saturated rings. The number of aliphatic hydroxyl groups is 2. The van der Waals surface area contributed by atoms with Crippen molar-refractivity contribution in [3.8, 4) is 5.75 Å². The zero-order chi connectivity index (χ0) is 34.9. The number of carbonyl (C=O) groups is 2. The van der Waals surface area contributed by atoms with E-state index in [1.807, 2.05) is 60.8 Å². The summed E-state index contributed by atoms with van der Waals surface area (Å²) in [5.41, 5.74) is 2.33. The van der Waals surface area contributed by atoms with Gasteiger partial charge in [0.1, 0.15) is 11.9 Å². The second-order valence-electron chi connectivity index (χ2n) is 13.7. The van der Waals surface area contributed by atoms with Gasteiger partial charge in [-0.05, 0) is 54.8 Å². The highest BCUT2D eigenvalue weighted by Crippen LogP contribution is 2.60. The molecule has 1 aromatic heterocycles. The highest BCUT2D eigenvalue weighted by atomic mass is 28.3. The number of aryl methyl sites for hydroxylation is 1. The van der Waals surface area contributed by atoms with Crippen LogP contribution in [0, 0.1) is 5.92 Å². The molecule has 6 rings (SSSR count). The van der Waals surface area contributed by atoms with Crippen molar-refractivity contribution in [2.24, 2.45) is 5.92 Å². The largest absolute Gasteiger partial charge is 0.497 e. The van der Waals surface area contributed by atoms with E-state index in [2.05, 4.69) is 47.8 Å². The lowest BCUT2D eigenvalue weighted by atomic mass is 9.82. The molecule has 11 nitrogen and oxygen atoms in total. The molecule has 0 radical (unpaired) electrons. The highest BCUT2D eigenvalue weighted by Gasteiger charge is 2.66. The molecule has 4 aromatic rings. The molecule has 258 valence electrons. The number of hydrogen-bond acceptors (Lipinski definition) is 8. The van der Waals surface area contributed by atoms with Crippen molar-refractivity contribution >= 4 is 36.4 Å². The first-order valence-electron chi connectivity index (χ1n) is 16.8. The first kappa shape index (κ1) is 34.5. The van der Waals surface area contributed by atoms with Crippen LogP contribution in [0.15, 0.2) is 79.0 Å². The molecule has 2 aliphatic rings. The van der Waals surface area contributed by atoms with Crippen molar-refractivity contribution in [3.63, 3.8) is 0 Å². The molecule has 0 saturated carbocycles. The summed E-state index contributed by atoms with van der Waals surface area (Å²) in [6.45, 7) is 9.10. The maximum Gasteiger partial charge on any atom is 0.264 e. The van der Waals surface area contributed by atoms with E-state index in [0.29, 0.717) is 42.9 Å². The number of benzene rings is 3. The van der Waals surface area contributed by atoms with Crippen molar-refractivity contribution < 1.29 is 29.3 Å². The summed E-state index contributed by atoms with van der Waals surface area (Å²) in [5.74, 6) is -0.116. The van der Waals surface area contributed by atoms with Crippen LogP contribution in [0.25, 0.3) is 0 Å². The number of amides is 2. The molecule has 3 heterocycles. The Balaban J connectivity index is 1.45. The Morgan fingerprint density at radius 3 is 2.53 bits per heavy atom. The lowest BCUT2D eigenvalue weighted by molar-refractivity contribution is -0.146. The van der Waals surface area contributed by atoms with Gasteiger partial charge in [0.15, 0.2) is 5.60 Å². The molecule has 1 saturated heterocycles. The van der Waals surface area contributed by atoms with Crippen molar-refractivity contribution in [2.75, 3.05) is 23.9 Å². The normalized spacial score (nSPS) is 22.4. The second kappa shape index (κ2) is 13.9. The predicted molar refractivity (Wildman–Crippen MR) is 189 cm³/mol. The summed E-state index contributed by atoms with van der Waals surface area (Å²) in [6, 6.07) is 23.6. The fraction of sp³-hybridized carbons (Fsp3) is 0.405. The molecule has 1 spiro atoms. The minimum Gasteiger partial charge on any atom is -0.497 e. The van der Waals surface area contributed by atoms with Crippen molar-refractivity contribution in [3.05, 3.63) is 95.8 Å². The van der Waals surface area contributed by atoms with E-state index in [1.54, 1.807) is 22.8 Å². The maximum absolute atomic E-state index is 15.1. The van der Waals surface area contributed by atoms with Crippen molar-refractivity contribution in [1.82, 2.24) is 15.0 Å². The SMILES string of the molecule is COc1ccc([Si](C)(C)[C@@H]2[C@@H](CCn3cc(CCO)nn3)O[C@]3(C(=O)N(Cc4ccccc4)c4ccc(NC(=O)[C@H](C)O)cc43)[C@H]2C)cc1. The summed E-state index contributed by atoms with van der Waals surface area (Å²) in [6.07, 6.45) is 1.36. The zero-order valence-corrected chi connectivity index (χ0v) is 29.7. The number of anilines is 2. The first-order valence-corrected chi connectivity index (χ1v) is 19.9. The minimum absolute atomic E-state index is 0.00511. The summed E-state index contributed by atoms with van der Waals surface area (Å²) in [4.78, 5) is 29.4. The minimum atomic E-state index is -2.38. The summed E-state index contributed by atoms with van der Waals surface area (Å²) >= 11 is 0. The Hall–Kier alpha value is -4.36. The van der Waals surface area contributed by atoms with Gasteiger partial charge in [-0.2, -0.15) is 0 Å². The molecule has 5 atom stereocenters. The molecular weight excluding hydrogens is 639 g/mol. The molecule has 2 aliphatic heterocycles. The smallest absolute Gasteiger partial charge is 0.264 e. The number of carbonyl (C=O) groups excluding carboxylic acids is 2. The van der Waals surface area contributed by atoms with E-state index in [4.69, 9.17) is 9.47 Å². The third-order valence-corrected chi connectivity index (χ3v) is 14.6. The quantitative estimate of drug-likeness (QED) is 0.191. The highest BCUT2D eigenvalue weighted by molar-refractivity contribution is 6.91. The summed E-state index contributed by atoms with van der Waals surface area (Å²) < 4.78 is 14.5. The number of rotatable bonds is 12. The second-order valence-corrected chi connectivity index (χ2v) is 18.4. The fourth-order valence-corrected chi connectivity index (χ4v) is 11.8. The molecular formula is C37H45N5O6Si. The Bertz CT molecular complexity index is 1800. The average molecular weight is 684 g/mol. The van der Waals surface area contributed by atoms with Crippen LogP contribution in [0.4, 0.5) is 11.4 Å². The van der Waals surface area contributed by atoms with Crippen molar-refractivity contribution in [2.45, 2.75) is 76.2 Å². The van der Waals surface area contributed by atoms with E-state index >= 15 is 4.79 Å². The predicted octanol–water partition coefficient (Wildman–Crippen LogP) is 3.99. The van der Waals surface area contributed by atoms with Gasteiger partial charge in [-0.1, -0.05) is 72.9 Å². The number of nitrogens with one attached hydrogen (secondary N) is 1. The molecule has 12 heteroatoms. The van der Waals surface area contributed by atoms with Gasteiger partial charge in [0, 0.05) is 42.9 Å². The molecule has 2 amide bonds. The van der Waals surface area contributed by atoms with Crippen LogP contribution in [0.2, 0.25) is 18.6 Å². The number of fused-ring (bicyclic) bond motifs is 2. The molecule has 0 aliphatic carbocycles. The van der Waals surface area contributed by atoms with Gasteiger partial charge >= 0.3 is 0 Å². The summed E-state index contributed by atoms with van der Waals surface area (Å²) in [7, 11) is -0.726. The third-order valence-electron chi connectivity index (χ3n) is 10.3. The lowest BCUT2D eigenvalue weighted by Crippen LogP contribution is -2.51. The van der Waals surface area contributed by atoms with Crippen LogP contribution in [-0.4, -0.2) is 71.0 Å². The number of nitrogens with zero attached hydrogens (tertiary/aromatic N) is 4. The van der Waals surface area contributed by atoms with Gasteiger partial charge in [0.25, 0.3) is 11.8 Å². The molecule has 3 aromatic carbocycles. The Labute approximate surface area is 287 Å². The number of ether oxygens (including phenoxy) is 2. The molecule has 0 unspecified atom stereocenters. The number of methoxy groups -OCH3 is 1. The van der Waals surface area contributed by atoms with E-state index < -0.39 is 25.7 Å². The van der Waals surface area contributed by atoms with Gasteiger partial charge in [0.05, 0.1) is 39.2 Å². The Morgan fingerprint density at radius 2 is 1.86 bits per heavy atom. The van der Waals surface area contributed by atoms with Crippen LogP contribution in [-0.2, 0) is 39.4 Å². The lowest BCUT2D eigenvalue weighted by Gasteiger charge is -2.37. The maximum atomic E-state index is 15.1. The number of aliphatic hydroxyl groups excluding tert-OH is 2. The van der Waals surface area contributed by atoms with E-state index in [0.717, 1.165) is 17.0 Å². The van der Waals surface area contributed by atoms with Gasteiger partial charge < -0.3 is 29.9 Å². The van der Waals surface area contributed by atoms with Crippen LogP contribution >= 0.6 is 0 Å². The number of hydrogen-bond donors (Lipinski definition) is 3. The molecule has 3 N–H and O–H groups in total. The average Bonchev–Trinajstić information content (AvgIpc) is 3.74. The number of aromatic nitrogens is 3. The van der Waals surface area contributed by atoms with E-state index in [-0.39, 0.29) is 30.1 Å². The van der Waals surface area contributed by atoms with E-state index in [1.165, 1.54) is 12.1 Å². The molecule has 0 bridgehead atoms. The van der Waals surface area contributed by atoms with Crippen molar-refractivity contribution in [1.29, 1.82) is 0 Å². The van der Waals surface area contributed by atoms with Gasteiger partial charge in [-0.25, -0.2) is 0 Å². The third kappa shape index (κ3) is 6.41. The van der Waals surface area contributed by atoms with E-state index in [9.17, 15) is 15.0 Å². The fourth-order valence-electron chi connectivity index (χ4n) is 7.77.